The first-order chi connectivity index (χ1) is 9.68. The summed E-state index contributed by atoms with van der Waals surface area (Å²) in [5, 5.41) is 0. The number of hydrogen-bond donors (Lipinski definition) is 0. The van der Waals surface area contributed by atoms with Crippen LogP contribution in [0.3, 0.4) is 0 Å². The van der Waals surface area contributed by atoms with Gasteiger partial charge in [-0.05, 0) is 56.1 Å². The lowest BCUT2D eigenvalue weighted by molar-refractivity contribution is -0.00880. The first kappa shape index (κ1) is 13.8. The Balaban J connectivity index is 1.84. The fourth-order valence-corrected chi connectivity index (χ4v) is 5.93. The Bertz CT molecular complexity index is 589. The van der Waals surface area contributed by atoms with E-state index in [1.807, 2.05) is 0 Å². The highest BCUT2D eigenvalue weighted by Gasteiger charge is 2.76. The van der Waals surface area contributed by atoms with Crippen molar-refractivity contribution in [2.24, 2.45) is 11.3 Å². The molecule has 114 valence electrons. The zero-order valence-corrected chi connectivity index (χ0v) is 14.4. The molecule has 2 fully saturated rings. The van der Waals surface area contributed by atoms with Crippen molar-refractivity contribution in [3.05, 3.63) is 35.4 Å². The van der Waals surface area contributed by atoms with Crippen LogP contribution in [0, 0.1) is 11.3 Å². The van der Waals surface area contributed by atoms with Gasteiger partial charge in [0.1, 0.15) is 0 Å². The minimum absolute atomic E-state index is 0.253. The van der Waals surface area contributed by atoms with Crippen molar-refractivity contribution in [3.8, 4) is 0 Å². The smallest absolute Gasteiger partial charge is 0.0305 e. The molecule has 1 heteroatoms. The highest BCUT2D eigenvalue weighted by Crippen LogP contribution is 2.73. The lowest BCUT2D eigenvalue weighted by Crippen LogP contribution is -2.57. The van der Waals surface area contributed by atoms with Crippen LogP contribution in [0.1, 0.15) is 65.0 Å². The molecule has 1 saturated heterocycles. The molecule has 0 amide bonds. The molecule has 4 unspecified atom stereocenters. The molecule has 3 aliphatic rings. The molecular weight excluding hydrogens is 254 g/mol. The fourth-order valence-electron chi connectivity index (χ4n) is 5.93. The maximum atomic E-state index is 2.93. The Morgan fingerprint density at radius 1 is 1.05 bits per heavy atom. The number of piperidine rings is 1. The number of nitrogens with zero attached hydrogens (tertiary/aromatic N) is 1. The van der Waals surface area contributed by atoms with E-state index in [2.05, 4.69) is 70.7 Å². The van der Waals surface area contributed by atoms with Crippen molar-refractivity contribution < 1.29 is 0 Å². The summed E-state index contributed by atoms with van der Waals surface area (Å²) in [6.07, 6.45) is 2.65. The second kappa shape index (κ2) is 3.74. The zero-order chi connectivity index (χ0) is 15.2. The van der Waals surface area contributed by atoms with E-state index in [0.717, 1.165) is 17.9 Å². The summed E-state index contributed by atoms with van der Waals surface area (Å²) in [6, 6.07) is 9.93. The zero-order valence-electron chi connectivity index (χ0n) is 14.4. The van der Waals surface area contributed by atoms with Crippen molar-refractivity contribution >= 4 is 0 Å². The van der Waals surface area contributed by atoms with Crippen molar-refractivity contribution in [3.63, 3.8) is 0 Å². The van der Waals surface area contributed by atoms with Crippen LogP contribution in [0.25, 0.3) is 0 Å². The molecule has 0 bridgehead atoms. The van der Waals surface area contributed by atoms with E-state index >= 15 is 0 Å². The van der Waals surface area contributed by atoms with Crippen LogP contribution >= 0.6 is 0 Å². The summed E-state index contributed by atoms with van der Waals surface area (Å²) < 4.78 is 0. The second-order valence-corrected chi connectivity index (χ2v) is 9.52. The van der Waals surface area contributed by atoms with Gasteiger partial charge in [-0.3, -0.25) is 4.90 Å². The molecule has 1 aliphatic heterocycles. The van der Waals surface area contributed by atoms with Crippen LogP contribution < -0.4 is 0 Å². The maximum Gasteiger partial charge on any atom is 0.0305 e. The van der Waals surface area contributed by atoms with E-state index in [1.54, 1.807) is 11.1 Å². The lowest BCUT2D eigenvalue weighted by atomic mass is 9.80. The van der Waals surface area contributed by atoms with Gasteiger partial charge in [-0.2, -0.15) is 0 Å². The predicted octanol–water partition coefficient (Wildman–Crippen LogP) is 4.61. The number of benzene rings is 1. The van der Waals surface area contributed by atoms with Gasteiger partial charge in [0.15, 0.2) is 0 Å². The van der Waals surface area contributed by atoms with Gasteiger partial charge >= 0.3 is 0 Å². The average molecular weight is 283 g/mol. The molecule has 21 heavy (non-hydrogen) atoms. The fraction of sp³-hybridized carbons (Fsp3) is 0.700. The highest BCUT2D eigenvalue weighted by molar-refractivity contribution is 5.46. The predicted molar refractivity (Wildman–Crippen MR) is 88.6 cm³/mol. The Kier molecular flexibility index (Phi) is 2.46. The van der Waals surface area contributed by atoms with Gasteiger partial charge in [-0.25, -0.2) is 0 Å². The molecule has 0 N–H and O–H groups in total. The van der Waals surface area contributed by atoms with E-state index in [9.17, 15) is 0 Å². The summed E-state index contributed by atoms with van der Waals surface area (Å²) in [6.45, 7) is 14.6. The first-order valence-electron chi connectivity index (χ1n) is 8.55. The molecule has 1 saturated carbocycles. The molecule has 4 atom stereocenters. The quantitative estimate of drug-likeness (QED) is 0.672. The Morgan fingerprint density at radius 3 is 2.33 bits per heavy atom. The number of rotatable bonds is 0. The van der Waals surface area contributed by atoms with Gasteiger partial charge in [0.25, 0.3) is 0 Å². The van der Waals surface area contributed by atoms with Crippen molar-refractivity contribution in [2.45, 2.75) is 77.4 Å². The number of fused-ring (bicyclic) bond motifs is 5. The van der Waals surface area contributed by atoms with Crippen molar-refractivity contribution in [1.29, 1.82) is 0 Å². The van der Waals surface area contributed by atoms with Crippen LogP contribution in [-0.4, -0.2) is 22.0 Å². The van der Waals surface area contributed by atoms with Gasteiger partial charge in [-0.1, -0.05) is 45.0 Å². The van der Waals surface area contributed by atoms with Gasteiger partial charge in [0.2, 0.25) is 0 Å². The third-order valence-electron chi connectivity index (χ3n) is 6.46. The van der Waals surface area contributed by atoms with Crippen LogP contribution in [0.15, 0.2) is 24.3 Å². The van der Waals surface area contributed by atoms with Crippen LogP contribution in [0.2, 0.25) is 0 Å². The third kappa shape index (κ3) is 1.56. The molecule has 2 aliphatic carbocycles. The van der Waals surface area contributed by atoms with Crippen LogP contribution in [-0.2, 0) is 6.42 Å². The minimum atomic E-state index is 0.253. The van der Waals surface area contributed by atoms with E-state index in [1.165, 1.54) is 12.8 Å². The average Bonchev–Trinajstić information content (AvgIpc) is 2.85. The number of hydrogen-bond acceptors (Lipinski definition) is 1. The van der Waals surface area contributed by atoms with E-state index in [4.69, 9.17) is 0 Å². The SMILES string of the molecule is CC(C)(C)N1C2Cc3ccccc3C2C2CC21C(C)(C)C. The normalized spacial score (nSPS) is 38.1. The molecule has 1 aromatic carbocycles. The summed E-state index contributed by atoms with van der Waals surface area (Å²) in [5.74, 6) is 1.64. The molecule has 0 spiro atoms. The molecular formula is C20H29N. The minimum Gasteiger partial charge on any atom is -0.288 e. The van der Waals surface area contributed by atoms with Crippen molar-refractivity contribution in [1.82, 2.24) is 4.90 Å². The molecule has 1 heterocycles. The largest absolute Gasteiger partial charge is 0.288 e. The monoisotopic (exact) mass is 283 g/mol. The molecule has 1 aromatic rings. The van der Waals surface area contributed by atoms with Crippen LogP contribution in [0.5, 0.6) is 0 Å². The third-order valence-corrected chi connectivity index (χ3v) is 6.46. The molecule has 4 rings (SSSR count). The molecule has 0 radical (unpaired) electrons. The number of likely N-dealkylation sites (tertiary alicyclic amines) is 1. The second-order valence-electron chi connectivity index (χ2n) is 9.52. The lowest BCUT2D eigenvalue weighted by Gasteiger charge is -2.49. The Morgan fingerprint density at radius 2 is 1.71 bits per heavy atom. The highest BCUT2D eigenvalue weighted by atomic mass is 15.4. The molecule has 0 aromatic heterocycles. The summed E-state index contributed by atoms with van der Waals surface area (Å²) in [5.41, 5.74) is 4.31. The van der Waals surface area contributed by atoms with Gasteiger partial charge in [-0.15, -0.1) is 0 Å². The summed E-state index contributed by atoms with van der Waals surface area (Å²) in [7, 11) is 0. The van der Waals surface area contributed by atoms with E-state index in [0.29, 0.717) is 11.0 Å². The Hall–Kier alpha value is -0.820. The van der Waals surface area contributed by atoms with E-state index in [-0.39, 0.29) is 5.54 Å². The van der Waals surface area contributed by atoms with E-state index < -0.39 is 0 Å². The standard InChI is InChI=1S/C20H29N/c1-18(2,3)20-12-15(20)17-14-10-8-7-9-13(14)11-16(17)21(20)19(4,5)6/h7-10,15-17H,11-12H2,1-6H3. The van der Waals surface area contributed by atoms with Gasteiger partial charge in [0, 0.05) is 23.0 Å². The topological polar surface area (TPSA) is 3.24 Å². The maximum absolute atomic E-state index is 2.93. The summed E-state index contributed by atoms with van der Waals surface area (Å²) >= 11 is 0. The first-order valence-corrected chi connectivity index (χ1v) is 8.55. The summed E-state index contributed by atoms with van der Waals surface area (Å²) in [4.78, 5) is 2.93. The van der Waals surface area contributed by atoms with Crippen LogP contribution in [0.4, 0.5) is 0 Å². The Labute approximate surface area is 129 Å². The van der Waals surface area contributed by atoms with Gasteiger partial charge < -0.3 is 0 Å². The van der Waals surface area contributed by atoms with Crippen molar-refractivity contribution in [2.75, 3.05) is 0 Å². The van der Waals surface area contributed by atoms with Gasteiger partial charge in [0.05, 0.1) is 0 Å². The molecule has 1 nitrogen and oxygen atoms in total.